The van der Waals surface area contributed by atoms with Gasteiger partial charge < -0.3 is 9.88 Å². The first-order valence-electron chi connectivity index (χ1n) is 9.37. The highest BCUT2D eigenvalue weighted by Crippen LogP contribution is 2.41. The van der Waals surface area contributed by atoms with Gasteiger partial charge in [-0.15, -0.1) is 0 Å². The summed E-state index contributed by atoms with van der Waals surface area (Å²) in [5.41, 5.74) is 6.10. The molecule has 1 aliphatic heterocycles. The van der Waals surface area contributed by atoms with E-state index in [0.717, 1.165) is 24.2 Å². The molecule has 2 heterocycles. The molecule has 4 aromatic rings. The minimum atomic E-state index is -0.355. The third-order valence-electron chi connectivity index (χ3n) is 5.59. The number of benzene rings is 3. The Bertz CT molecular complexity index is 1160. The van der Waals surface area contributed by atoms with Crippen molar-refractivity contribution in [3.05, 3.63) is 106 Å². The molecule has 0 spiro atoms. The lowest BCUT2D eigenvalue weighted by Gasteiger charge is -2.39. The molecule has 0 fully saturated rings. The molecule has 0 amide bonds. The van der Waals surface area contributed by atoms with Crippen LogP contribution in [0.1, 0.15) is 22.7 Å². The van der Waals surface area contributed by atoms with Crippen molar-refractivity contribution in [1.82, 2.24) is 4.98 Å². The molecule has 0 saturated heterocycles. The standard InChI is InChI=1S/C23H19N3O2/c27-26(28)18-11-9-17(10-12-18)25-14-13-16-5-1-2-6-19(16)23(25)21-15-24-22-8-4-3-7-20(21)22/h1-12,15,23-24H,13-14H2. The monoisotopic (exact) mass is 369 g/mol. The molecule has 1 aliphatic rings. The van der Waals surface area contributed by atoms with E-state index in [0.29, 0.717) is 0 Å². The Morgan fingerprint density at radius 2 is 1.68 bits per heavy atom. The fraction of sp³-hybridized carbons (Fsp3) is 0.130. The van der Waals surface area contributed by atoms with Crippen LogP contribution in [0.15, 0.2) is 79.0 Å². The Morgan fingerprint density at radius 1 is 0.929 bits per heavy atom. The summed E-state index contributed by atoms with van der Waals surface area (Å²) >= 11 is 0. The highest BCUT2D eigenvalue weighted by atomic mass is 16.6. The molecule has 5 rings (SSSR count). The summed E-state index contributed by atoms with van der Waals surface area (Å²) in [5, 5.41) is 12.2. The molecule has 3 aromatic carbocycles. The van der Waals surface area contributed by atoms with Gasteiger partial charge in [-0.1, -0.05) is 42.5 Å². The highest BCUT2D eigenvalue weighted by molar-refractivity contribution is 5.85. The first kappa shape index (κ1) is 16.6. The number of nitro benzene ring substituents is 1. The van der Waals surface area contributed by atoms with Gasteiger partial charge in [-0.3, -0.25) is 10.1 Å². The van der Waals surface area contributed by atoms with E-state index in [1.165, 1.54) is 22.1 Å². The molecule has 0 aliphatic carbocycles. The van der Waals surface area contributed by atoms with E-state index in [2.05, 4.69) is 58.5 Å². The van der Waals surface area contributed by atoms with Gasteiger partial charge in [0.15, 0.2) is 0 Å². The number of hydrogen-bond donors (Lipinski definition) is 1. The van der Waals surface area contributed by atoms with Crippen LogP contribution in [-0.2, 0) is 6.42 Å². The number of nitrogens with one attached hydrogen (secondary N) is 1. The van der Waals surface area contributed by atoms with E-state index in [1.807, 2.05) is 18.2 Å². The van der Waals surface area contributed by atoms with Crippen LogP contribution in [-0.4, -0.2) is 16.5 Å². The number of rotatable bonds is 3. The topological polar surface area (TPSA) is 62.2 Å². The van der Waals surface area contributed by atoms with E-state index in [9.17, 15) is 10.1 Å². The maximum absolute atomic E-state index is 11.0. The number of H-pyrrole nitrogens is 1. The molecule has 1 atom stereocenters. The van der Waals surface area contributed by atoms with Crippen LogP contribution in [0.5, 0.6) is 0 Å². The van der Waals surface area contributed by atoms with Gasteiger partial charge in [-0.2, -0.15) is 0 Å². The predicted octanol–water partition coefficient (Wildman–Crippen LogP) is 5.23. The predicted molar refractivity (Wildman–Crippen MR) is 111 cm³/mol. The molecule has 1 N–H and O–H groups in total. The van der Waals surface area contributed by atoms with Crippen molar-refractivity contribution in [1.29, 1.82) is 0 Å². The number of aromatic nitrogens is 1. The zero-order valence-electron chi connectivity index (χ0n) is 15.2. The quantitative estimate of drug-likeness (QED) is 0.397. The van der Waals surface area contributed by atoms with Crippen molar-refractivity contribution in [2.24, 2.45) is 0 Å². The molecule has 1 unspecified atom stereocenters. The number of fused-ring (bicyclic) bond motifs is 2. The van der Waals surface area contributed by atoms with Crippen LogP contribution >= 0.6 is 0 Å². The largest absolute Gasteiger partial charge is 0.361 e. The van der Waals surface area contributed by atoms with E-state index in [-0.39, 0.29) is 16.7 Å². The Kier molecular flexibility index (Phi) is 3.86. The Balaban J connectivity index is 1.67. The van der Waals surface area contributed by atoms with Crippen molar-refractivity contribution in [3.8, 4) is 0 Å². The van der Waals surface area contributed by atoms with E-state index in [1.54, 1.807) is 12.1 Å². The molecule has 1 aromatic heterocycles. The number of hydrogen-bond acceptors (Lipinski definition) is 3. The van der Waals surface area contributed by atoms with Crippen LogP contribution < -0.4 is 4.90 Å². The van der Waals surface area contributed by atoms with Gasteiger partial charge in [-0.05, 0) is 35.7 Å². The minimum Gasteiger partial charge on any atom is -0.361 e. The number of anilines is 1. The first-order chi connectivity index (χ1) is 13.7. The lowest BCUT2D eigenvalue weighted by Crippen LogP contribution is -2.36. The molecular formula is C23H19N3O2. The van der Waals surface area contributed by atoms with Crippen molar-refractivity contribution >= 4 is 22.3 Å². The summed E-state index contributed by atoms with van der Waals surface area (Å²) < 4.78 is 0. The minimum absolute atomic E-state index is 0.0579. The van der Waals surface area contributed by atoms with Gasteiger partial charge in [-0.25, -0.2) is 0 Å². The molecular weight excluding hydrogens is 350 g/mol. The summed E-state index contributed by atoms with van der Waals surface area (Å²) in [7, 11) is 0. The van der Waals surface area contributed by atoms with Gasteiger partial charge in [0.05, 0.1) is 11.0 Å². The first-order valence-corrected chi connectivity index (χ1v) is 9.37. The number of nitro groups is 1. The summed E-state index contributed by atoms with van der Waals surface area (Å²) in [6.07, 6.45) is 3.04. The van der Waals surface area contributed by atoms with Gasteiger partial charge in [0.25, 0.3) is 5.69 Å². The normalized spacial score (nSPS) is 16.1. The van der Waals surface area contributed by atoms with Crippen LogP contribution in [0, 0.1) is 10.1 Å². The van der Waals surface area contributed by atoms with E-state index >= 15 is 0 Å². The lowest BCUT2D eigenvalue weighted by atomic mass is 9.87. The zero-order chi connectivity index (χ0) is 19.1. The second-order valence-electron chi connectivity index (χ2n) is 7.11. The smallest absolute Gasteiger partial charge is 0.269 e. The third-order valence-corrected chi connectivity index (χ3v) is 5.59. The van der Waals surface area contributed by atoms with Crippen LogP contribution in [0.3, 0.4) is 0 Å². The molecule has 5 heteroatoms. The van der Waals surface area contributed by atoms with Crippen molar-refractivity contribution in [2.75, 3.05) is 11.4 Å². The average Bonchev–Trinajstić information content (AvgIpc) is 3.17. The summed E-state index contributed by atoms with van der Waals surface area (Å²) in [6.45, 7) is 0.860. The summed E-state index contributed by atoms with van der Waals surface area (Å²) in [6, 6.07) is 23.8. The van der Waals surface area contributed by atoms with Crippen LogP contribution in [0.25, 0.3) is 10.9 Å². The molecule has 0 saturated carbocycles. The van der Waals surface area contributed by atoms with Crippen LogP contribution in [0.2, 0.25) is 0 Å². The number of para-hydroxylation sites is 1. The SMILES string of the molecule is O=[N+]([O-])c1ccc(N2CCc3ccccc3C2c2c[nH]c3ccccc23)cc1. The fourth-order valence-corrected chi connectivity index (χ4v) is 4.27. The Hall–Kier alpha value is -3.60. The van der Waals surface area contributed by atoms with Crippen molar-refractivity contribution < 1.29 is 4.92 Å². The second kappa shape index (κ2) is 6.53. The number of nitrogens with zero attached hydrogens (tertiary/aromatic N) is 2. The third kappa shape index (κ3) is 2.63. The molecule has 28 heavy (non-hydrogen) atoms. The van der Waals surface area contributed by atoms with Gasteiger partial charge >= 0.3 is 0 Å². The fourth-order valence-electron chi connectivity index (χ4n) is 4.27. The number of non-ortho nitro benzene ring substituents is 1. The zero-order valence-corrected chi connectivity index (χ0v) is 15.2. The van der Waals surface area contributed by atoms with Gasteiger partial charge in [0, 0.05) is 47.0 Å². The van der Waals surface area contributed by atoms with E-state index < -0.39 is 0 Å². The summed E-state index contributed by atoms with van der Waals surface area (Å²) in [4.78, 5) is 16.4. The maximum Gasteiger partial charge on any atom is 0.269 e. The maximum atomic E-state index is 11.0. The Morgan fingerprint density at radius 3 is 2.50 bits per heavy atom. The Labute approximate surface area is 162 Å². The van der Waals surface area contributed by atoms with Gasteiger partial charge in [0.1, 0.15) is 0 Å². The lowest BCUT2D eigenvalue weighted by molar-refractivity contribution is -0.384. The molecule has 0 bridgehead atoms. The average molecular weight is 369 g/mol. The molecule has 138 valence electrons. The van der Waals surface area contributed by atoms with Crippen molar-refractivity contribution in [2.45, 2.75) is 12.5 Å². The molecule has 5 nitrogen and oxygen atoms in total. The van der Waals surface area contributed by atoms with Crippen molar-refractivity contribution in [3.63, 3.8) is 0 Å². The number of aromatic amines is 1. The van der Waals surface area contributed by atoms with Crippen LogP contribution in [0.4, 0.5) is 11.4 Å². The second-order valence-corrected chi connectivity index (χ2v) is 7.11. The highest BCUT2D eigenvalue weighted by Gasteiger charge is 2.30. The summed E-state index contributed by atoms with van der Waals surface area (Å²) in [5.74, 6) is 0. The van der Waals surface area contributed by atoms with Gasteiger partial charge in [0.2, 0.25) is 0 Å². The van der Waals surface area contributed by atoms with E-state index in [4.69, 9.17) is 0 Å². The molecule has 0 radical (unpaired) electrons.